The highest BCUT2D eigenvalue weighted by Gasteiger charge is 2.36. The molecule has 1 aromatic carbocycles. The van der Waals surface area contributed by atoms with Crippen molar-refractivity contribution in [3.05, 3.63) is 56.1 Å². The van der Waals surface area contributed by atoms with E-state index in [1.807, 2.05) is 0 Å². The van der Waals surface area contributed by atoms with Gasteiger partial charge in [0.1, 0.15) is 17.5 Å². The highest BCUT2D eigenvalue weighted by molar-refractivity contribution is 6.40. The Hall–Kier alpha value is -3.64. The molecule has 210 valence electrons. The van der Waals surface area contributed by atoms with Crippen molar-refractivity contribution >= 4 is 52.8 Å². The zero-order chi connectivity index (χ0) is 28.7. The van der Waals surface area contributed by atoms with Gasteiger partial charge in [-0.05, 0) is 37.8 Å². The normalized spacial score (nSPS) is 15.2. The topological polar surface area (TPSA) is 182 Å². The van der Waals surface area contributed by atoms with Crippen molar-refractivity contribution in [2.24, 2.45) is 5.92 Å². The first-order valence-corrected chi connectivity index (χ1v) is 13.1. The molecule has 4 amide bonds. The van der Waals surface area contributed by atoms with E-state index in [9.17, 15) is 29.1 Å². The summed E-state index contributed by atoms with van der Waals surface area (Å²) in [7, 11) is 0. The van der Waals surface area contributed by atoms with Crippen LogP contribution in [0.3, 0.4) is 0 Å². The zero-order valence-electron chi connectivity index (χ0n) is 21.4. The van der Waals surface area contributed by atoms with Crippen LogP contribution < -0.4 is 27.0 Å². The van der Waals surface area contributed by atoms with Crippen LogP contribution in [0.15, 0.2) is 29.2 Å². The molecule has 1 heterocycles. The van der Waals surface area contributed by atoms with Gasteiger partial charge in [-0.3, -0.25) is 9.59 Å². The average molecular weight is 581 g/mol. The number of urea groups is 1. The van der Waals surface area contributed by atoms with Crippen molar-refractivity contribution in [1.29, 1.82) is 0 Å². The molecule has 0 saturated heterocycles. The lowest BCUT2D eigenvalue weighted by Crippen LogP contribution is -2.64. The lowest BCUT2D eigenvalue weighted by molar-refractivity contribution is -0.139. The van der Waals surface area contributed by atoms with Crippen molar-refractivity contribution in [2.45, 2.75) is 64.1 Å². The third kappa shape index (κ3) is 7.93. The summed E-state index contributed by atoms with van der Waals surface area (Å²) in [4.78, 5) is 68.2. The number of hydrogen-bond acceptors (Lipinski definition) is 6. The first-order chi connectivity index (χ1) is 18.4. The Morgan fingerprint density at radius 1 is 1.08 bits per heavy atom. The zero-order valence-corrected chi connectivity index (χ0v) is 22.9. The molecule has 1 atom stereocenters. The predicted octanol–water partition coefficient (Wildman–Crippen LogP) is 3.06. The maximum atomic E-state index is 12.9. The molecule has 1 aromatic heterocycles. The van der Waals surface area contributed by atoms with Gasteiger partial charge in [-0.1, -0.05) is 49.5 Å². The summed E-state index contributed by atoms with van der Waals surface area (Å²) in [6, 6.07) is 2.20. The van der Waals surface area contributed by atoms with Gasteiger partial charge in [0.2, 0.25) is 5.91 Å². The van der Waals surface area contributed by atoms with E-state index in [-0.39, 0.29) is 45.2 Å². The van der Waals surface area contributed by atoms with Crippen LogP contribution in [0.2, 0.25) is 10.0 Å². The smallest absolute Gasteiger partial charge is 0.346 e. The van der Waals surface area contributed by atoms with Crippen molar-refractivity contribution in [3.63, 3.8) is 0 Å². The fraction of sp³-hybridized carbons (Fsp3) is 0.440. The molecule has 1 aliphatic carbocycles. The summed E-state index contributed by atoms with van der Waals surface area (Å²) in [6.07, 6.45) is 4.37. The molecule has 39 heavy (non-hydrogen) atoms. The Bertz CT molecular complexity index is 1290. The van der Waals surface area contributed by atoms with Gasteiger partial charge in [0.25, 0.3) is 5.91 Å². The summed E-state index contributed by atoms with van der Waals surface area (Å²) in [5, 5.41) is 20.5. The summed E-state index contributed by atoms with van der Waals surface area (Å²) in [5.41, 5.74) is -1.72. The van der Waals surface area contributed by atoms with Crippen LogP contribution in [-0.4, -0.2) is 50.6 Å². The minimum atomic E-state index is -1.47. The van der Waals surface area contributed by atoms with E-state index in [0.717, 1.165) is 19.3 Å². The number of nitrogens with zero attached hydrogens (tertiary/aromatic N) is 1. The molecule has 0 radical (unpaired) electrons. The number of aromatic amines is 1. The number of amides is 4. The number of carbonyl (C=O) groups excluding carboxylic acids is 3. The fourth-order valence-corrected chi connectivity index (χ4v) is 4.79. The van der Waals surface area contributed by atoms with Gasteiger partial charge in [-0.15, -0.1) is 0 Å². The minimum absolute atomic E-state index is 0.0534. The van der Waals surface area contributed by atoms with Crippen LogP contribution in [0.4, 0.5) is 10.6 Å². The molecule has 6 N–H and O–H groups in total. The lowest BCUT2D eigenvalue weighted by atomic mass is 9.88. The van der Waals surface area contributed by atoms with Gasteiger partial charge in [0.15, 0.2) is 0 Å². The molecule has 1 aliphatic rings. The molecule has 1 fully saturated rings. The standard InChI is InChI=1S/C25H30Cl2N6O6/c1-13(2)20(34)32-25(9-4-3-5-10-25)33-24(39)29-17(22(36)37)11-14-12-28-23(38)31-19(14)30-21(35)18-15(26)7-6-8-16(18)27/h6-8,12-13,17H,3-5,9-11H2,1-2H3,(H,32,34)(H,36,37)(H2,29,33,39)(H2,28,30,31,35,38). The fourth-order valence-electron chi connectivity index (χ4n) is 4.22. The maximum Gasteiger partial charge on any atom is 0.346 e. The highest BCUT2D eigenvalue weighted by Crippen LogP contribution is 2.27. The van der Waals surface area contributed by atoms with Crippen molar-refractivity contribution in [1.82, 2.24) is 25.9 Å². The largest absolute Gasteiger partial charge is 0.480 e. The van der Waals surface area contributed by atoms with Crippen LogP contribution in [0.1, 0.15) is 61.9 Å². The second kappa shape index (κ2) is 12.9. The molecule has 1 unspecified atom stereocenters. The summed E-state index contributed by atoms with van der Waals surface area (Å²) >= 11 is 12.2. The number of hydrogen-bond donors (Lipinski definition) is 6. The number of aliphatic carboxylic acids is 1. The second-order valence-electron chi connectivity index (χ2n) is 9.61. The number of carboxylic acids is 1. The van der Waals surface area contributed by atoms with Gasteiger partial charge in [-0.2, -0.15) is 4.98 Å². The Morgan fingerprint density at radius 3 is 2.31 bits per heavy atom. The molecule has 0 spiro atoms. The van der Waals surface area contributed by atoms with Gasteiger partial charge >= 0.3 is 17.7 Å². The van der Waals surface area contributed by atoms with Crippen molar-refractivity contribution < 1.29 is 24.3 Å². The Balaban J connectivity index is 1.79. The quantitative estimate of drug-likeness (QED) is 0.246. The Labute approximate surface area is 234 Å². The number of aromatic nitrogens is 2. The molecule has 1 saturated carbocycles. The van der Waals surface area contributed by atoms with Crippen LogP contribution in [0, 0.1) is 5.92 Å². The first-order valence-electron chi connectivity index (χ1n) is 12.4. The summed E-state index contributed by atoms with van der Waals surface area (Å²) < 4.78 is 0. The molecule has 0 aliphatic heterocycles. The van der Waals surface area contributed by atoms with Gasteiger partial charge < -0.3 is 31.4 Å². The van der Waals surface area contributed by atoms with E-state index in [4.69, 9.17) is 23.2 Å². The molecular formula is C25H30Cl2N6O6. The molecule has 12 nitrogen and oxygen atoms in total. The SMILES string of the molecule is CC(C)C(=O)NC1(NC(=O)NC(Cc2c[nH]c(=O)nc2NC(=O)c2c(Cl)cccc2Cl)C(=O)O)CCCCC1. The predicted molar refractivity (Wildman–Crippen MR) is 145 cm³/mol. The number of H-pyrrole nitrogens is 1. The molecule has 3 rings (SSSR count). The number of benzene rings is 1. The second-order valence-corrected chi connectivity index (χ2v) is 10.4. The van der Waals surface area contributed by atoms with Gasteiger partial charge in [0.05, 0.1) is 15.6 Å². The van der Waals surface area contributed by atoms with Gasteiger partial charge in [-0.25, -0.2) is 14.4 Å². The number of rotatable bonds is 9. The van der Waals surface area contributed by atoms with E-state index in [0.29, 0.717) is 12.8 Å². The van der Waals surface area contributed by atoms with Crippen LogP contribution in [0.25, 0.3) is 0 Å². The number of anilines is 1. The number of halogens is 2. The summed E-state index contributed by atoms with van der Waals surface area (Å²) in [6.45, 7) is 3.47. The van der Waals surface area contributed by atoms with Crippen LogP contribution >= 0.6 is 23.2 Å². The monoisotopic (exact) mass is 580 g/mol. The maximum absolute atomic E-state index is 12.9. The highest BCUT2D eigenvalue weighted by atomic mass is 35.5. The number of carboxylic acid groups (broad SMARTS) is 1. The number of nitrogens with one attached hydrogen (secondary N) is 5. The average Bonchev–Trinajstić information content (AvgIpc) is 2.85. The third-order valence-corrected chi connectivity index (χ3v) is 6.91. The third-order valence-electron chi connectivity index (χ3n) is 6.28. The van der Waals surface area contributed by atoms with Crippen molar-refractivity contribution in [2.75, 3.05) is 5.32 Å². The molecule has 0 bridgehead atoms. The van der Waals surface area contributed by atoms with Gasteiger partial charge in [0, 0.05) is 24.1 Å². The number of carbonyl (C=O) groups is 4. The van der Waals surface area contributed by atoms with E-state index >= 15 is 0 Å². The Kier molecular flexibility index (Phi) is 9.92. The molecule has 14 heteroatoms. The first kappa shape index (κ1) is 29.9. The molecule has 2 aromatic rings. The van der Waals surface area contributed by atoms with E-state index in [1.165, 1.54) is 18.3 Å². The van der Waals surface area contributed by atoms with Crippen molar-refractivity contribution in [3.8, 4) is 0 Å². The Morgan fingerprint density at radius 2 is 1.72 bits per heavy atom. The van der Waals surface area contributed by atoms with E-state index in [2.05, 4.69) is 31.2 Å². The van der Waals surface area contributed by atoms with Crippen LogP contribution in [-0.2, 0) is 16.0 Å². The van der Waals surface area contributed by atoms with Crippen LogP contribution in [0.5, 0.6) is 0 Å². The molecular weight excluding hydrogens is 551 g/mol. The van der Waals surface area contributed by atoms with E-state index < -0.39 is 35.3 Å². The lowest BCUT2D eigenvalue weighted by Gasteiger charge is -2.39. The summed E-state index contributed by atoms with van der Waals surface area (Å²) in [5.74, 6) is -2.89. The van der Waals surface area contributed by atoms with E-state index in [1.54, 1.807) is 19.9 Å². The minimum Gasteiger partial charge on any atom is -0.480 e.